The van der Waals surface area contributed by atoms with E-state index in [-0.39, 0.29) is 28.4 Å². The number of benzene rings is 1. The first-order valence-electron chi connectivity index (χ1n) is 6.02. The fourth-order valence-corrected chi connectivity index (χ4v) is 2.50. The van der Waals surface area contributed by atoms with Gasteiger partial charge in [0.15, 0.2) is 0 Å². The fourth-order valence-electron chi connectivity index (χ4n) is 2.50. The summed E-state index contributed by atoms with van der Waals surface area (Å²) in [5.41, 5.74) is 0.115. The number of allylic oxidation sites excluding steroid dienone is 2. The van der Waals surface area contributed by atoms with Crippen LogP contribution in [-0.4, -0.2) is 11.1 Å². The molecule has 4 N–H and O–H groups in total. The van der Waals surface area contributed by atoms with E-state index < -0.39 is 11.9 Å². The molecule has 2 rings (SSSR count). The van der Waals surface area contributed by atoms with Crippen LogP contribution in [0.5, 0.6) is 0 Å². The molecular formula is C16H9N5O2. The molecule has 1 aliphatic rings. The first-order chi connectivity index (χ1) is 10.6. The Kier molecular flexibility index (Phi) is 4.99. The number of rotatable bonds is 1. The molecule has 0 aromatic heterocycles. The predicted molar refractivity (Wildman–Crippen MR) is 78.9 cm³/mol. The minimum absolute atomic E-state index is 0. The van der Waals surface area contributed by atoms with Crippen molar-refractivity contribution < 1.29 is 9.90 Å². The van der Waals surface area contributed by atoms with E-state index in [9.17, 15) is 9.90 Å². The number of carboxylic acids is 1. The van der Waals surface area contributed by atoms with Crippen LogP contribution in [0.25, 0.3) is 11.1 Å². The quantitative estimate of drug-likeness (QED) is 0.749. The fraction of sp³-hybridized carbons (Fsp3) is 0.0625. The largest absolute Gasteiger partial charge is 0.481 e. The van der Waals surface area contributed by atoms with E-state index in [1.54, 1.807) is 48.5 Å². The third-order valence-corrected chi connectivity index (χ3v) is 3.32. The zero-order valence-electron chi connectivity index (χ0n) is 11.7. The lowest BCUT2D eigenvalue weighted by Gasteiger charge is -2.09. The molecule has 0 unspecified atom stereocenters. The van der Waals surface area contributed by atoms with E-state index in [1.807, 2.05) is 0 Å². The highest BCUT2D eigenvalue weighted by Gasteiger charge is 2.41. The van der Waals surface area contributed by atoms with Crippen molar-refractivity contribution in [3.63, 3.8) is 0 Å². The van der Waals surface area contributed by atoms with Crippen LogP contribution in [-0.2, 0) is 4.79 Å². The number of aliphatic carboxylic acids is 1. The molecule has 0 atom stereocenters. The summed E-state index contributed by atoms with van der Waals surface area (Å²) in [7, 11) is 0. The van der Waals surface area contributed by atoms with Crippen molar-refractivity contribution in [3.05, 3.63) is 46.5 Å². The summed E-state index contributed by atoms with van der Waals surface area (Å²) in [4.78, 5) is 11.7. The summed E-state index contributed by atoms with van der Waals surface area (Å²) in [6.45, 7) is 0. The Labute approximate surface area is 131 Å². The van der Waals surface area contributed by atoms with E-state index in [1.165, 1.54) is 0 Å². The van der Waals surface area contributed by atoms with Crippen molar-refractivity contribution in [1.29, 1.82) is 21.0 Å². The van der Waals surface area contributed by atoms with Gasteiger partial charge in [-0.05, 0) is 11.1 Å². The number of nitriles is 4. The molecule has 7 heteroatoms. The van der Waals surface area contributed by atoms with Crippen molar-refractivity contribution in [2.75, 3.05) is 0 Å². The topological polar surface area (TPSA) is 167 Å². The summed E-state index contributed by atoms with van der Waals surface area (Å²) in [5, 5.41) is 45.8. The normalized spacial score (nSPS) is 11.8. The van der Waals surface area contributed by atoms with Crippen LogP contribution in [0.1, 0.15) is 11.1 Å². The van der Waals surface area contributed by atoms with Crippen LogP contribution >= 0.6 is 0 Å². The lowest BCUT2D eigenvalue weighted by Crippen LogP contribution is -2.14. The smallest absolute Gasteiger partial charge is 0.315 e. The van der Waals surface area contributed by atoms with Crippen molar-refractivity contribution in [3.8, 4) is 24.3 Å². The molecular weight excluding hydrogens is 294 g/mol. The Morgan fingerprint density at radius 2 is 1.22 bits per heavy atom. The third kappa shape index (κ3) is 2.52. The molecule has 0 amide bonds. The Morgan fingerprint density at radius 3 is 1.48 bits per heavy atom. The van der Waals surface area contributed by atoms with Gasteiger partial charge in [-0.1, -0.05) is 24.3 Å². The summed E-state index contributed by atoms with van der Waals surface area (Å²) >= 11 is 0. The molecule has 0 fully saturated rings. The first kappa shape index (κ1) is 17.1. The van der Waals surface area contributed by atoms with Crippen LogP contribution in [0.3, 0.4) is 0 Å². The lowest BCUT2D eigenvalue weighted by atomic mass is 9.90. The zero-order chi connectivity index (χ0) is 16.3. The summed E-state index contributed by atoms with van der Waals surface area (Å²) < 4.78 is 0. The monoisotopic (exact) mass is 303 g/mol. The highest BCUT2D eigenvalue weighted by molar-refractivity contribution is 6.11. The molecule has 110 valence electrons. The number of fused-ring (bicyclic) bond motifs is 1. The average molecular weight is 303 g/mol. The van der Waals surface area contributed by atoms with Gasteiger partial charge >= 0.3 is 5.97 Å². The van der Waals surface area contributed by atoms with Gasteiger partial charge in [0.25, 0.3) is 0 Å². The number of hydrogen-bond acceptors (Lipinski definition) is 6. The second-order valence-corrected chi connectivity index (χ2v) is 4.34. The van der Waals surface area contributed by atoms with Crippen LogP contribution in [0.15, 0.2) is 35.4 Å². The minimum atomic E-state index is -1.39. The van der Waals surface area contributed by atoms with Gasteiger partial charge in [-0.25, -0.2) is 0 Å². The lowest BCUT2D eigenvalue weighted by molar-refractivity contribution is -0.137. The SMILES string of the molecule is N.N#CC(C#N)=C1c2ccccc2C(=C(C#N)C#N)C1C(=O)O. The molecule has 0 heterocycles. The molecule has 0 aliphatic heterocycles. The molecule has 23 heavy (non-hydrogen) atoms. The number of hydrogen-bond donors (Lipinski definition) is 2. The highest BCUT2D eigenvalue weighted by Crippen LogP contribution is 2.48. The van der Waals surface area contributed by atoms with Crippen LogP contribution in [0.2, 0.25) is 0 Å². The maximum absolute atomic E-state index is 11.7. The number of nitrogens with zero attached hydrogens (tertiary/aromatic N) is 4. The van der Waals surface area contributed by atoms with Gasteiger partial charge in [0.05, 0.1) is 0 Å². The molecule has 0 spiro atoms. The third-order valence-electron chi connectivity index (χ3n) is 3.32. The van der Waals surface area contributed by atoms with Crippen molar-refractivity contribution in [1.82, 2.24) is 6.15 Å². The molecule has 1 aromatic rings. The zero-order valence-corrected chi connectivity index (χ0v) is 11.7. The Hall–Kier alpha value is -3.91. The number of carboxylic acid groups (broad SMARTS) is 1. The van der Waals surface area contributed by atoms with E-state index in [0.29, 0.717) is 11.1 Å². The average Bonchev–Trinajstić information content (AvgIpc) is 2.86. The van der Waals surface area contributed by atoms with Crippen LogP contribution in [0, 0.1) is 51.2 Å². The van der Waals surface area contributed by atoms with E-state index >= 15 is 0 Å². The highest BCUT2D eigenvalue weighted by atomic mass is 16.4. The molecule has 0 bridgehead atoms. The maximum atomic E-state index is 11.7. The molecule has 0 saturated carbocycles. The standard InChI is InChI=1S/C16H6N4O2.H3N/c17-5-9(6-18)13-11-3-1-2-4-12(11)14(10(7-19)8-20)15(13)16(21)22;/h1-4,15H,(H,21,22);1H3. The first-order valence-corrected chi connectivity index (χ1v) is 6.02. The van der Waals surface area contributed by atoms with Crippen molar-refractivity contribution >= 4 is 17.1 Å². The van der Waals surface area contributed by atoms with E-state index in [4.69, 9.17) is 21.0 Å². The predicted octanol–water partition coefficient (Wildman–Crippen LogP) is 2.16. The summed E-state index contributed by atoms with van der Waals surface area (Å²) in [6, 6.07) is 13.1. The Balaban J connectivity index is 0.00000264. The molecule has 1 aliphatic carbocycles. The minimum Gasteiger partial charge on any atom is -0.481 e. The van der Waals surface area contributed by atoms with Gasteiger partial charge in [0.2, 0.25) is 0 Å². The molecule has 0 radical (unpaired) electrons. The summed E-state index contributed by atoms with van der Waals surface area (Å²) in [6.07, 6.45) is 0. The second-order valence-electron chi connectivity index (χ2n) is 4.34. The van der Waals surface area contributed by atoms with Gasteiger partial charge in [-0.2, -0.15) is 21.0 Å². The van der Waals surface area contributed by atoms with Gasteiger partial charge < -0.3 is 11.3 Å². The maximum Gasteiger partial charge on any atom is 0.315 e. The van der Waals surface area contributed by atoms with Crippen molar-refractivity contribution in [2.24, 2.45) is 5.92 Å². The Morgan fingerprint density at radius 1 is 0.870 bits per heavy atom. The van der Waals surface area contributed by atoms with Gasteiger partial charge in [0.1, 0.15) is 41.3 Å². The van der Waals surface area contributed by atoms with Gasteiger partial charge in [-0.15, -0.1) is 0 Å². The summed E-state index contributed by atoms with van der Waals surface area (Å²) in [5.74, 6) is -2.71. The Bertz CT molecular complexity index is 813. The second kappa shape index (κ2) is 6.70. The van der Waals surface area contributed by atoms with Crippen LogP contribution < -0.4 is 6.15 Å². The number of carbonyl (C=O) groups is 1. The molecule has 1 aromatic carbocycles. The van der Waals surface area contributed by atoms with Crippen LogP contribution in [0.4, 0.5) is 0 Å². The van der Waals surface area contributed by atoms with E-state index in [2.05, 4.69) is 0 Å². The van der Waals surface area contributed by atoms with Gasteiger partial charge in [0, 0.05) is 11.1 Å². The van der Waals surface area contributed by atoms with E-state index in [0.717, 1.165) is 0 Å². The van der Waals surface area contributed by atoms with Gasteiger partial charge in [-0.3, -0.25) is 4.79 Å². The molecule has 7 nitrogen and oxygen atoms in total. The molecule has 0 saturated heterocycles. The van der Waals surface area contributed by atoms with Crippen molar-refractivity contribution in [2.45, 2.75) is 0 Å².